The number of piperazine rings is 1. The molecule has 0 aromatic heterocycles. The van der Waals surface area contributed by atoms with Crippen molar-refractivity contribution in [2.24, 2.45) is 5.92 Å². The van der Waals surface area contributed by atoms with Crippen molar-refractivity contribution in [1.82, 2.24) is 10.2 Å². The predicted molar refractivity (Wildman–Crippen MR) is 123 cm³/mol. The lowest BCUT2D eigenvalue weighted by molar-refractivity contribution is -0.122. The number of nitriles is 1. The quantitative estimate of drug-likeness (QED) is 0.573. The second-order valence-electron chi connectivity index (χ2n) is 8.51. The largest absolute Gasteiger partial charge is 0.369 e. The number of halogens is 2. The van der Waals surface area contributed by atoms with Gasteiger partial charge in [-0.1, -0.05) is 23.2 Å². The van der Waals surface area contributed by atoms with Crippen LogP contribution in [0.1, 0.15) is 51.4 Å². The highest BCUT2D eigenvalue weighted by atomic mass is 35.5. The monoisotopic (exact) mass is 450 g/mol. The molecule has 1 N–H and O–H groups in total. The summed E-state index contributed by atoms with van der Waals surface area (Å²) in [6.45, 7) is 5.35. The molecule has 7 heteroatoms. The Morgan fingerprint density at radius 2 is 1.83 bits per heavy atom. The molecule has 1 aliphatic carbocycles. The Morgan fingerprint density at radius 1 is 1.10 bits per heavy atom. The first-order valence-electron chi connectivity index (χ1n) is 11.1. The molecule has 0 unspecified atom stereocenters. The van der Waals surface area contributed by atoms with Crippen LogP contribution < -0.4 is 10.2 Å². The maximum atomic E-state index is 11.9. The Morgan fingerprint density at radius 3 is 2.50 bits per heavy atom. The third-order valence-electron chi connectivity index (χ3n) is 6.40. The zero-order valence-corrected chi connectivity index (χ0v) is 19.1. The van der Waals surface area contributed by atoms with Crippen LogP contribution in [0.3, 0.4) is 0 Å². The zero-order chi connectivity index (χ0) is 21.3. The van der Waals surface area contributed by atoms with Crippen molar-refractivity contribution in [1.29, 1.82) is 5.26 Å². The van der Waals surface area contributed by atoms with Gasteiger partial charge in [0.15, 0.2) is 0 Å². The van der Waals surface area contributed by atoms with Crippen LogP contribution in [0, 0.1) is 17.2 Å². The number of nitrogens with zero attached hydrogens (tertiary/aromatic N) is 3. The van der Waals surface area contributed by atoms with E-state index in [-0.39, 0.29) is 5.91 Å². The van der Waals surface area contributed by atoms with Gasteiger partial charge in [0.2, 0.25) is 5.91 Å². The molecule has 0 spiro atoms. The molecule has 1 aliphatic heterocycles. The molecule has 30 heavy (non-hydrogen) atoms. The molecular weight excluding hydrogens is 419 g/mol. The molecule has 164 valence electrons. The van der Waals surface area contributed by atoms with E-state index in [2.05, 4.69) is 21.2 Å². The summed E-state index contributed by atoms with van der Waals surface area (Å²) in [5.74, 6) is 0.874. The highest BCUT2D eigenvalue weighted by Crippen LogP contribution is 2.29. The fourth-order valence-electron chi connectivity index (χ4n) is 4.50. The van der Waals surface area contributed by atoms with Crippen LogP contribution in [0.5, 0.6) is 0 Å². The van der Waals surface area contributed by atoms with E-state index in [0.29, 0.717) is 35.3 Å². The number of benzene rings is 1. The van der Waals surface area contributed by atoms with Crippen LogP contribution in [-0.4, -0.2) is 49.6 Å². The zero-order valence-electron chi connectivity index (χ0n) is 17.6. The minimum Gasteiger partial charge on any atom is -0.369 e. The Balaban J connectivity index is 1.30. The molecule has 0 bridgehead atoms. The van der Waals surface area contributed by atoms with Crippen molar-refractivity contribution in [3.8, 4) is 6.07 Å². The lowest BCUT2D eigenvalue weighted by Crippen LogP contribution is -2.47. The first-order valence-corrected chi connectivity index (χ1v) is 11.9. The smallest absolute Gasteiger partial charge is 0.220 e. The average molecular weight is 451 g/mol. The van der Waals surface area contributed by atoms with Gasteiger partial charge in [-0.25, -0.2) is 0 Å². The van der Waals surface area contributed by atoms with Gasteiger partial charge >= 0.3 is 0 Å². The van der Waals surface area contributed by atoms with Crippen molar-refractivity contribution in [3.05, 3.63) is 28.2 Å². The maximum absolute atomic E-state index is 11.9. The van der Waals surface area contributed by atoms with Crippen molar-refractivity contribution >= 4 is 34.8 Å². The summed E-state index contributed by atoms with van der Waals surface area (Å²) in [7, 11) is 0. The number of unbranched alkanes of at least 4 members (excludes halogenated alkanes) is 1. The van der Waals surface area contributed by atoms with Gasteiger partial charge in [0.05, 0.1) is 16.1 Å². The van der Waals surface area contributed by atoms with E-state index in [1.165, 1.54) is 19.3 Å². The molecule has 0 atom stereocenters. The topological polar surface area (TPSA) is 59.4 Å². The second-order valence-corrected chi connectivity index (χ2v) is 9.33. The normalized spacial score (nSPS) is 22.5. The van der Waals surface area contributed by atoms with Gasteiger partial charge in [-0.15, -0.1) is 0 Å². The van der Waals surface area contributed by atoms with Crippen LogP contribution in [-0.2, 0) is 4.79 Å². The highest BCUT2D eigenvalue weighted by molar-refractivity contribution is 6.42. The van der Waals surface area contributed by atoms with Gasteiger partial charge in [0.25, 0.3) is 0 Å². The minimum atomic E-state index is 0.105. The molecule has 1 heterocycles. The van der Waals surface area contributed by atoms with E-state index < -0.39 is 0 Å². The van der Waals surface area contributed by atoms with Crippen LogP contribution >= 0.6 is 23.2 Å². The lowest BCUT2D eigenvalue weighted by atomic mass is 9.84. The van der Waals surface area contributed by atoms with Crippen LogP contribution in [0.25, 0.3) is 0 Å². The number of rotatable bonds is 8. The molecule has 2 aliphatic rings. The maximum Gasteiger partial charge on any atom is 0.220 e. The first kappa shape index (κ1) is 23.2. The molecule has 1 saturated carbocycles. The summed E-state index contributed by atoms with van der Waals surface area (Å²) in [6, 6.07) is 8.29. The van der Waals surface area contributed by atoms with Gasteiger partial charge in [-0.2, -0.15) is 5.26 Å². The van der Waals surface area contributed by atoms with Crippen molar-refractivity contribution < 1.29 is 4.79 Å². The molecule has 1 saturated heterocycles. The summed E-state index contributed by atoms with van der Waals surface area (Å²) >= 11 is 12.2. The molecular formula is C23H32Cl2N4O. The number of anilines is 1. The predicted octanol–water partition coefficient (Wildman–Crippen LogP) is 4.87. The number of amides is 1. The highest BCUT2D eigenvalue weighted by Gasteiger charge is 2.24. The fourth-order valence-corrected chi connectivity index (χ4v) is 4.79. The minimum absolute atomic E-state index is 0.105. The summed E-state index contributed by atoms with van der Waals surface area (Å²) in [5, 5.41) is 12.9. The molecule has 5 nitrogen and oxygen atoms in total. The average Bonchev–Trinajstić information content (AvgIpc) is 2.76. The molecule has 2 fully saturated rings. The third-order valence-corrected chi connectivity index (χ3v) is 7.14. The Hall–Kier alpha value is -1.48. The van der Waals surface area contributed by atoms with Gasteiger partial charge in [0, 0.05) is 50.7 Å². The molecule has 1 aromatic carbocycles. The van der Waals surface area contributed by atoms with E-state index in [1.54, 1.807) is 0 Å². The molecule has 1 aromatic rings. The van der Waals surface area contributed by atoms with E-state index in [0.717, 1.165) is 57.2 Å². The number of hydrogen-bond acceptors (Lipinski definition) is 4. The van der Waals surface area contributed by atoms with Crippen LogP contribution in [0.4, 0.5) is 5.69 Å². The molecule has 0 radical (unpaired) electrons. The Kier molecular flexibility index (Phi) is 9.11. The third kappa shape index (κ3) is 7.04. The summed E-state index contributed by atoms with van der Waals surface area (Å²) in [5.41, 5.74) is 1.15. The van der Waals surface area contributed by atoms with E-state index >= 15 is 0 Å². The van der Waals surface area contributed by atoms with Crippen LogP contribution in [0.2, 0.25) is 10.0 Å². The summed E-state index contributed by atoms with van der Waals surface area (Å²) < 4.78 is 0. The lowest BCUT2D eigenvalue weighted by Gasteiger charge is -2.37. The first-order chi connectivity index (χ1) is 14.5. The van der Waals surface area contributed by atoms with Crippen molar-refractivity contribution in [2.75, 3.05) is 37.6 Å². The number of carbonyl (C=O) groups excluding carboxylic acids is 1. The van der Waals surface area contributed by atoms with Crippen molar-refractivity contribution in [2.45, 2.75) is 57.4 Å². The molecule has 3 rings (SSSR count). The number of nitrogens with one attached hydrogen (secondary N) is 1. The Labute approximate surface area is 190 Å². The SMILES string of the molecule is N#CCCCC(=O)N[C@H]1CC[C@H](CCN2CCN(c3ccc(Cl)c(Cl)c3)CC2)CC1. The van der Waals surface area contributed by atoms with Crippen LogP contribution in [0.15, 0.2) is 18.2 Å². The summed E-state index contributed by atoms with van der Waals surface area (Å²) in [4.78, 5) is 16.9. The van der Waals surface area contributed by atoms with Gasteiger partial charge in [0.1, 0.15) is 0 Å². The molecule has 1 amide bonds. The number of carbonyl (C=O) groups is 1. The van der Waals surface area contributed by atoms with Gasteiger partial charge in [-0.3, -0.25) is 9.69 Å². The van der Waals surface area contributed by atoms with Gasteiger partial charge in [-0.05, 0) is 69.2 Å². The van der Waals surface area contributed by atoms with Gasteiger partial charge < -0.3 is 10.2 Å². The summed E-state index contributed by atoms with van der Waals surface area (Å²) in [6.07, 6.45) is 7.41. The second kappa shape index (κ2) is 11.8. The van der Waals surface area contributed by atoms with E-state index in [9.17, 15) is 4.79 Å². The van der Waals surface area contributed by atoms with Crippen molar-refractivity contribution in [3.63, 3.8) is 0 Å². The fraction of sp³-hybridized carbons (Fsp3) is 0.652. The standard InChI is InChI=1S/C23H32Cl2N4O/c24-21-9-8-20(17-22(21)25)29-15-13-28(14-16-29)12-10-18-4-6-19(7-5-18)27-23(30)3-1-2-11-26/h8-9,17-19H,1-7,10,12-16H2,(H,27,30)/t18-,19-. The Bertz CT molecular complexity index is 735. The van der Waals surface area contributed by atoms with E-state index in [4.69, 9.17) is 28.5 Å². The number of hydrogen-bond donors (Lipinski definition) is 1. The van der Waals surface area contributed by atoms with E-state index in [1.807, 2.05) is 18.2 Å².